The Morgan fingerprint density at radius 2 is 2.31 bits per heavy atom. The molecule has 78 valence electrons. The molecular formula is C10H20O3. The zero-order valence-electron chi connectivity index (χ0n) is 8.49. The van der Waals surface area contributed by atoms with E-state index in [1.54, 1.807) is 0 Å². The normalized spacial score (nSPS) is 37.4. The maximum absolute atomic E-state index is 10.0. The van der Waals surface area contributed by atoms with Crippen LogP contribution in [0.25, 0.3) is 0 Å². The molecule has 1 rings (SSSR count). The van der Waals surface area contributed by atoms with Crippen molar-refractivity contribution in [1.29, 1.82) is 0 Å². The molecule has 0 spiro atoms. The van der Waals surface area contributed by atoms with Crippen molar-refractivity contribution < 1.29 is 14.9 Å². The summed E-state index contributed by atoms with van der Waals surface area (Å²) >= 11 is 0. The molecule has 3 atom stereocenters. The molecule has 13 heavy (non-hydrogen) atoms. The first-order chi connectivity index (χ1) is 6.06. The van der Waals surface area contributed by atoms with E-state index in [0.717, 1.165) is 6.42 Å². The summed E-state index contributed by atoms with van der Waals surface area (Å²) in [5.74, 6) is -0.361. The molecule has 1 saturated heterocycles. The zero-order chi connectivity index (χ0) is 9.90. The predicted molar refractivity (Wildman–Crippen MR) is 50.2 cm³/mol. The van der Waals surface area contributed by atoms with Crippen LogP contribution >= 0.6 is 0 Å². The van der Waals surface area contributed by atoms with Gasteiger partial charge in [-0.1, -0.05) is 13.8 Å². The Balaban J connectivity index is 2.44. The molecule has 0 aromatic rings. The Hall–Kier alpha value is -0.120. The second-order valence-corrected chi connectivity index (χ2v) is 4.38. The lowest BCUT2D eigenvalue weighted by atomic mass is 9.89. The summed E-state index contributed by atoms with van der Waals surface area (Å²) in [6.45, 7) is 4.79. The second-order valence-electron chi connectivity index (χ2n) is 4.38. The summed E-state index contributed by atoms with van der Waals surface area (Å²) in [5.41, 5.74) is 0. The monoisotopic (exact) mass is 188 g/mol. The molecule has 0 bridgehead atoms. The fourth-order valence-corrected chi connectivity index (χ4v) is 1.91. The highest BCUT2D eigenvalue weighted by Gasteiger charge is 2.34. The van der Waals surface area contributed by atoms with Gasteiger partial charge in [0.1, 0.15) is 0 Å². The van der Waals surface area contributed by atoms with Crippen LogP contribution in [0.15, 0.2) is 0 Å². The number of aliphatic hydroxyl groups excluding tert-OH is 1. The summed E-state index contributed by atoms with van der Waals surface area (Å²) in [7, 11) is 0. The summed E-state index contributed by atoms with van der Waals surface area (Å²) in [4.78, 5) is 0. The molecule has 3 nitrogen and oxygen atoms in total. The molecule has 1 aliphatic heterocycles. The van der Waals surface area contributed by atoms with E-state index < -0.39 is 5.79 Å². The van der Waals surface area contributed by atoms with Crippen LogP contribution in [0.5, 0.6) is 0 Å². The minimum absolute atomic E-state index is 0.107. The van der Waals surface area contributed by atoms with Crippen LogP contribution in [0.2, 0.25) is 0 Å². The maximum Gasteiger partial charge on any atom is 0.166 e. The first kappa shape index (κ1) is 11.0. The van der Waals surface area contributed by atoms with Crippen molar-refractivity contribution in [3.05, 3.63) is 0 Å². The van der Waals surface area contributed by atoms with E-state index in [1.165, 1.54) is 0 Å². The highest BCUT2D eigenvalue weighted by molar-refractivity contribution is 4.77. The Morgan fingerprint density at radius 1 is 1.62 bits per heavy atom. The van der Waals surface area contributed by atoms with Crippen LogP contribution in [0.1, 0.15) is 33.1 Å². The van der Waals surface area contributed by atoms with E-state index in [2.05, 4.69) is 6.92 Å². The third kappa shape index (κ3) is 3.25. The first-order valence-electron chi connectivity index (χ1n) is 5.03. The highest BCUT2D eigenvalue weighted by atomic mass is 16.6. The quantitative estimate of drug-likeness (QED) is 0.698. The van der Waals surface area contributed by atoms with Crippen LogP contribution in [-0.2, 0) is 4.74 Å². The largest absolute Gasteiger partial charge is 0.396 e. The first-order valence-corrected chi connectivity index (χ1v) is 5.03. The molecule has 0 amide bonds. The fourth-order valence-electron chi connectivity index (χ4n) is 1.91. The molecule has 0 aliphatic carbocycles. The Labute approximate surface area is 79.7 Å². The van der Waals surface area contributed by atoms with E-state index in [4.69, 9.17) is 9.84 Å². The number of ether oxygens (including phenoxy) is 1. The van der Waals surface area contributed by atoms with Crippen molar-refractivity contribution in [3.8, 4) is 0 Å². The van der Waals surface area contributed by atoms with Crippen LogP contribution < -0.4 is 0 Å². The van der Waals surface area contributed by atoms with E-state index >= 15 is 0 Å². The van der Waals surface area contributed by atoms with Gasteiger partial charge in [0.05, 0.1) is 6.61 Å². The van der Waals surface area contributed by atoms with Crippen molar-refractivity contribution >= 4 is 0 Å². The molecule has 3 heteroatoms. The molecule has 0 aromatic carbocycles. The molecule has 0 radical (unpaired) electrons. The van der Waals surface area contributed by atoms with Crippen LogP contribution in [0, 0.1) is 11.8 Å². The van der Waals surface area contributed by atoms with Gasteiger partial charge in [0, 0.05) is 19.4 Å². The third-order valence-electron chi connectivity index (χ3n) is 2.63. The lowest BCUT2D eigenvalue weighted by molar-refractivity contribution is -0.244. The Bertz CT molecular complexity index is 160. The van der Waals surface area contributed by atoms with Crippen molar-refractivity contribution in [2.24, 2.45) is 11.8 Å². The summed E-state index contributed by atoms with van der Waals surface area (Å²) in [6, 6.07) is 0. The molecule has 1 aliphatic rings. The van der Waals surface area contributed by atoms with Gasteiger partial charge in [0.25, 0.3) is 0 Å². The van der Waals surface area contributed by atoms with E-state index in [1.807, 2.05) is 6.92 Å². The topological polar surface area (TPSA) is 49.7 Å². The summed E-state index contributed by atoms with van der Waals surface area (Å²) < 4.78 is 5.35. The van der Waals surface area contributed by atoms with Gasteiger partial charge < -0.3 is 14.9 Å². The lowest BCUT2D eigenvalue weighted by Gasteiger charge is -2.36. The molecule has 0 saturated carbocycles. The van der Waals surface area contributed by atoms with Crippen molar-refractivity contribution in [1.82, 2.24) is 0 Å². The number of hydrogen-bond donors (Lipinski definition) is 2. The van der Waals surface area contributed by atoms with Gasteiger partial charge in [-0.2, -0.15) is 0 Å². The van der Waals surface area contributed by atoms with Crippen LogP contribution in [0.4, 0.5) is 0 Å². The standard InChI is InChI=1S/C10H20O3/c1-8-3-4-13-10(12,5-8)6-9(2)7-11/h8-9,11-12H,3-7H2,1-2H3. The van der Waals surface area contributed by atoms with E-state index in [9.17, 15) is 5.11 Å². The van der Waals surface area contributed by atoms with Crippen LogP contribution in [-0.4, -0.2) is 29.2 Å². The van der Waals surface area contributed by atoms with Gasteiger partial charge in [-0.05, 0) is 18.3 Å². The smallest absolute Gasteiger partial charge is 0.166 e. The average molecular weight is 188 g/mol. The number of aliphatic hydroxyl groups is 2. The SMILES string of the molecule is CC(CO)CC1(O)CC(C)CCO1. The zero-order valence-corrected chi connectivity index (χ0v) is 8.49. The highest BCUT2D eigenvalue weighted by Crippen LogP contribution is 2.31. The summed E-state index contributed by atoms with van der Waals surface area (Å²) in [5, 5.41) is 18.9. The Kier molecular flexibility index (Phi) is 3.71. The summed E-state index contributed by atoms with van der Waals surface area (Å²) in [6.07, 6.45) is 2.25. The molecule has 3 unspecified atom stereocenters. The molecule has 1 fully saturated rings. The fraction of sp³-hybridized carbons (Fsp3) is 1.00. The molecule has 2 N–H and O–H groups in total. The molecule has 1 heterocycles. The van der Waals surface area contributed by atoms with Gasteiger partial charge in [0.15, 0.2) is 5.79 Å². The molecule has 0 aromatic heterocycles. The van der Waals surface area contributed by atoms with E-state index in [-0.39, 0.29) is 12.5 Å². The lowest BCUT2D eigenvalue weighted by Crippen LogP contribution is -2.40. The third-order valence-corrected chi connectivity index (χ3v) is 2.63. The van der Waals surface area contributed by atoms with Gasteiger partial charge in [0.2, 0.25) is 0 Å². The number of rotatable bonds is 3. The van der Waals surface area contributed by atoms with Crippen molar-refractivity contribution in [2.75, 3.05) is 13.2 Å². The minimum Gasteiger partial charge on any atom is -0.396 e. The van der Waals surface area contributed by atoms with Crippen molar-refractivity contribution in [3.63, 3.8) is 0 Å². The van der Waals surface area contributed by atoms with Crippen LogP contribution in [0.3, 0.4) is 0 Å². The second kappa shape index (κ2) is 4.40. The number of hydrogen-bond acceptors (Lipinski definition) is 3. The van der Waals surface area contributed by atoms with E-state index in [0.29, 0.717) is 25.4 Å². The van der Waals surface area contributed by atoms with Gasteiger partial charge in [-0.15, -0.1) is 0 Å². The van der Waals surface area contributed by atoms with Gasteiger partial charge in [-0.3, -0.25) is 0 Å². The molecular weight excluding hydrogens is 168 g/mol. The van der Waals surface area contributed by atoms with Gasteiger partial charge in [-0.25, -0.2) is 0 Å². The Morgan fingerprint density at radius 3 is 2.85 bits per heavy atom. The van der Waals surface area contributed by atoms with Crippen molar-refractivity contribution in [2.45, 2.75) is 38.9 Å². The minimum atomic E-state index is -0.986. The van der Waals surface area contributed by atoms with Gasteiger partial charge >= 0.3 is 0 Å². The predicted octanol–water partition coefficient (Wildman–Crippen LogP) is 1.14. The average Bonchev–Trinajstić information content (AvgIpc) is 2.02. The maximum atomic E-state index is 10.0.